The number of amides is 1. The number of nitrogens with zero attached hydrogens (tertiary/aromatic N) is 1. The maximum atomic E-state index is 12.8. The van der Waals surface area contributed by atoms with Gasteiger partial charge in [-0.05, 0) is 30.4 Å². The molecule has 0 aliphatic heterocycles. The highest BCUT2D eigenvalue weighted by Gasteiger charge is 2.29. The van der Waals surface area contributed by atoms with Gasteiger partial charge in [0.1, 0.15) is 5.15 Å². The van der Waals surface area contributed by atoms with Gasteiger partial charge in [-0.25, -0.2) is 4.98 Å². The highest BCUT2D eigenvalue weighted by molar-refractivity contribution is 7.21. The summed E-state index contributed by atoms with van der Waals surface area (Å²) in [5.74, 6) is 1.18. The predicted molar refractivity (Wildman–Crippen MR) is 106 cm³/mol. The standard InChI is InChI=1S/C20H21ClN2OS/c1-11-6-5-9-15(12(11)2)23-20(24)17-10-14-18(25-17)13-7-3-4-8-16(13)22-19(14)21/h3-4,7-8,10-12,15H,5-6,9H2,1-2H3,(H,23,24)/t11-,12-,15+/m1/s1. The lowest BCUT2D eigenvalue weighted by molar-refractivity contribution is 0.0895. The van der Waals surface area contributed by atoms with Gasteiger partial charge in [-0.15, -0.1) is 11.3 Å². The number of carbonyl (C=O) groups is 1. The highest BCUT2D eigenvalue weighted by atomic mass is 35.5. The second kappa shape index (κ2) is 6.58. The van der Waals surface area contributed by atoms with Crippen molar-refractivity contribution in [3.8, 4) is 0 Å². The summed E-state index contributed by atoms with van der Waals surface area (Å²) in [4.78, 5) is 18.0. The van der Waals surface area contributed by atoms with Crippen molar-refractivity contribution in [3.05, 3.63) is 40.4 Å². The molecule has 4 rings (SSSR count). The molecule has 0 radical (unpaired) electrons. The number of rotatable bonds is 2. The van der Waals surface area contributed by atoms with Crippen molar-refractivity contribution >= 4 is 49.8 Å². The molecule has 0 bridgehead atoms. The number of pyridine rings is 1. The van der Waals surface area contributed by atoms with E-state index in [1.165, 1.54) is 24.2 Å². The Kier molecular flexibility index (Phi) is 4.42. The number of benzene rings is 1. The number of hydrogen-bond donors (Lipinski definition) is 1. The summed E-state index contributed by atoms with van der Waals surface area (Å²) in [6, 6.07) is 10.1. The molecule has 0 unspecified atom stereocenters. The third-order valence-corrected chi connectivity index (χ3v) is 7.02. The summed E-state index contributed by atoms with van der Waals surface area (Å²) in [6.07, 6.45) is 3.50. The minimum atomic E-state index is 0.00676. The fourth-order valence-electron chi connectivity index (χ4n) is 3.81. The van der Waals surface area contributed by atoms with Crippen LogP contribution in [0.4, 0.5) is 0 Å². The van der Waals surface area contributed by atoms with E-state index in [9.17, 15) is 4.79 Å². The fraction of sp³-hybridized carbons (Fsp3) is 0.400. The first-order valence-electron chi connectivity index (χ1n) is 8.83. The molecule has 1 N–H and O–H groups in total. The van der Waals surface area contributed by atoms with Crippen LogP contribution >= 0.6 is 22.9 Å². The van der Waals surface area contributed by atoms with Gasteiger partial charge in [-0.2, -0.15) is 0 Å². The van der Waals surface area contributed by atoms with Crippen molar-refractivity contribution in [2.24, 2.45) is 11.8 Å². The number of halogens is 1. The number of para-hydroxylation sites is 1. The van der Waals surface area contributed by atoms with Crippen LogP contribution in [0, 0.1) is 11.8 Å². The third kappa shape index (κ3) is 3.02. The monoisotopic (exact) mass is 372 g/mol. The molecule has 3 aromatic rings. The lowest BCUT2D eigenvalue weighted by atomic mass is 9.78. The van der Waals surface area contributed by atoms with Gasteiger partial charge in [0.25, 0.3) is 5.91 Å². The van der Waals surface area contributed by atoms with Gasteiger partial charge in [0.2, 0.25) is 0 Å². The predicted octanol–water partition coefficient (Wildman–Crippen LogP) is 5.66. The van der Waals surface area contributed by atoms with Gasteiger partial charge in [-0.1, -0.05) is 56.5 Å². The first-order chi connectivity index (χ1) is 12.0. The molecule has 0 spiro atoms. The summed E-state index contributed by atoms with van der Waals surface area (Å²) in [5, 5.41) is 5.62. The largest absolute Gasteiger partial charge is 0.348 e. The van der Waals surface area contributed by atoms with E-state index in [1.54, 1.807) is 0 Å². The van der Waals surface area contributed by atoms with E-state index in [1.807, 2.05) is 30.3 Å². The van der Waals surface area contributed by atoms with E-state index in [0.717, 1.165) is 27.4 Å². The SMILES string of the molecule is C[C@@H]1[C@H](C)CCC[C@@H]1NC(=O)c1cc2c(Cl)nc3ccccc3c2s1. The van der Waals surface area contributed by atoms with E-state index in [4.69, 9.17) is 11.6 Å². The Hall–Kier alpha value is -1.65. The number of carbonyl (C=O) groups excluding carboxylic acids is 1. The Balaban J connectivity index is 1.68. The first-order valence-corrected chi connectivity index (χ1v) is 10.0. The number of thiophene rings is 1. The van der Waals surface area contributed by atoms with E-state index in [2.05, 4.69) is 24.1 Å². The molecule has 3 atom stereocenters. The second-order valence-electron chi connectivity index (χ2n) is 7.12. The van der Waals surface area contributed by atoms with Crippen LogP contribution in [0.25, 0.3) is 21.0 Å². The van der Waals surface area contributed by atoms with Crippen LogP contribution < -0.4 is 5.32 Å². The number of fused-ring (bicyclic) bond motifs is 3. The van der Waals surface area contributed by atoms with Crippen LogP contribution in [0.2, 0.25) is 5.15 Å². The van der Waals surface area contributed by atoms with Crippen molar-refractivity contribution in [1.82, 2.24) is 10.3 Å². The molecule has 25 heavy (non-hydrogen) atoms. The van der Waals surface area contributed by atoms with Crippen LogP contribution in [-0.4, -0.2) is 16.9 Å². The van der Waals surface area contributed by atoms with E-state index >= 15 is 0 Å². The van der Waals surface area contributed by atoms with Gasteiger partial charge < -0.3 is 5.32 Å². The lowest BCUT2D eigenvalue weighted by Crippen LogP contribution is -2.43. The van der Waals surface area contributed by atoms with Gasteiger partial charge in [0, 0.05) is 21.5 Å². The van der Waals surface area contributed by atoms with Gasteiger partial charge in [0.05, 0.1) is 10.4 Å². The molecule has 0 saturated heterocycles. The molecule has 1 saturated carbocycles. The Bertz CT molecular complexity index is 951. The van der Waals surface area contributed by atoms with Crippen molar-refractivity contribution in [2.75, 3.05) is 0 Å². The number of hydrogen-bond acceptors (Lipinski definition) is 3. The van der Waals surface area contributed by atoms with Crippen LogP contribution in [0.3, 0.4) is 0 Å². The van der Waals surface area contributed by atoms with Crippen LogP contribution in [0.5, 0.6) is 0 Å². The Morgan fingerprint density at radius 1 is 1.24 bits per heavy atom. The third-order valence-electron chi connectivity index (χ3n) is 5.57. The van der Waals surface area contributed by atoms with Gasteiger partial charge >= 0.3 is 0 Å². The number of aromatic nitrogens is 1. The van der Waals surface area contributed by atoms with Gasteiger partial charge in [0.15, 0.2) is 0 Å². The molecule has 1 amide bonds. The zero-order valence-corrected chi connectivity index (χ0v) is 16.0. The average Bonchev–Trinajstić information content (AvgIpc) is 3.05. The van der Waals surface area contributed by atoms with Crippen molar-refractivity contribution < 1.29 is 4.79 Å². The van der Waals surface area contributed by atoms with Crippen molar-refractivity contribution in [1.29, 1.82) is 0 Å². The lowest BCUT2D eigenvalue weighted by Gasteiger charge is -2.34. The fourth-order valence-corrected chi connectivity index (χ4v) is 5.20. The molecule has 3 nitrogen and oxygen atoms in total. The van der Waals surface area contributed by atoms with E-state index in [0.29, 0.717) is 21.9 Å². The van der Waals surface area contributed by atoms with E-state index < -0.39 is 0 Å². The molecule has 2 heterocycles. The Morgan fingerprint density at radius 2 is 2.04 bits per heavy atom. The molecule has 5 heteroatoms. The summed E-state index contributed by atoms with van der Waals surface area (Å²) in [5.41, 5.74) is 0.864. The first kappa shape index (κ1) is 16.8. The summed E-state index contributed by atoms with van der Waals surface area (Å²) >= 11 is 7.86. The molecular formula is C20H21ClN2OS. The maximum Gasteiger partial charge on any atom is 0.261 e. The summed E-state index contributed by atoms with van der Waals surface area (Å²) in [7, 11) is 0. The zero-order chi connectivity index (χ0) is 17.6. The molecule has 1 aromatic carbocycles. The van der Waals surface area contributed by atoms with Crippen molar-refractivity contribution in [3.63, 3.8) is 0 Å². The number of nitrogens with one attached hydrogen (secondary N) is 1. The molecule has 1 aliphatic rings. The van der Waals surface area contributed by atoms with Crippen LogP contribution in [0.1, 0.15) is 42.8 Å². The zero-order valence-electron chi connectivity index (χ0n) is 14.4. The topological polar surface area (TPSA) is 42.0 Å². The molecule has 130 valence electrons. The van der Waals surface area contributed by atoms with E-state index in [-0.39, 0.29) is 11.9 Å². The summed E-state index contributed by atoms with van der Waals surface area (Å²) in [6.45, 7) is 4.52. The Labute approximate surface area is 156 Å². The maximum absolute atomic E-state index is 12.8. The molecule has 1 fully saturated rings. The smallest absolute Gasteiger partial charge is 0.261 e. The van der Waals surface area contributed by atoms with Crippen molar-refractivity contribution in [2.45, 2.75) is 39.2 Å². The minimum Gasteiger partial charge on any atom is -0.348 e. The quantitative estimate of drug-likeness (QED) is 0.590. The van der Waals surface area contributed by atoms with Gasteiger partial charge in [-0.3, -0.25) is 4.79 Å². The molecule has 2 aromatic heterocycles. The van der Waals surface area contributed by atoms with Crippen LogP contribution in [0.15, 0.2) is 30.3 Å². The minimum absolute atomic E-state index is 0.00676. The second-order valence-corrected chi connectivity index (χ2v) is 8.53. The van der Waals surface area contributed by atoms with Crippen LogP contribution in [-0.2, 0) is 0 Å². The normalized spacial score (nSPS) is 23.9. The highest BCUT2D eigenvalue weighted by Crippen LogP contribution is 2.36. The molecule has 1 aliphatic carbocycles. The summed E-state index contributed by atoms with van der Waals surface area (Å²) < 4.78 is 1.03. The molecular weight excluding hydrogens is 352 g/mol. The average molecular weight is 373 g/mol. The Morgan fingerprint density at radius 3 is 2.88 bits per heavy atom.